The fourth-order valence-corrected chi connectivity index (χ4v) is 1.41. The monoisotopic (exact) mass is 184 g/mol. The molecule has 4 nitrogen and oxygen atoms in total. The Kier molecular flexibility index (Phi) is 3.92. The maximum absolute atomic E-state index is 11.2. The largest absolute Gasteiger partial charge is 0.369 e. The molecule has 1 saturated heterocycles. The molecular formula is C9H16N2O2. The molecule has 0 bridgehead atoms. The van der Waals surface area contributed by atoms with Gasteiger partial charge in [0.15, 0.2) is 0 Å². The number of carbonyl (C=O) groups is 1. The molecule has 13 heavy (non-hydrogen) atoms. The van der Waals surface area contributed by atoms with Crippen molar-refractivity contribution in [3.63, 3.8) is 0 Å². The Bertz CT molecular complexity index is 186. The maximum atomic E-state index is 11.2. The van der Waals surface area contributed by atoms with Gasteiger partial charge in [-0.05, 0) is 6.08 Å². The minimum absolute atomic E-state index is 0.0251. The highest BCUT2D eigenvalue weighted by Gasteiger charge is 2.18. The second-order valence-corrected chi connectivity index (χ2v) is 3.07. The van der Waals surface area contributed by atoms with Crippen molar-refractivity contribution in [1.82, 2.24) is 9.80 Å². The van der Waals surface area contributed by atoms with Crippen LogP contribution >= 0.6 is 0 Å². The molecule has 0 N–H and O–H groups in total. The van der Waals surface area contributed by atoms with Gasteiger partial charge < -0.3 is 9.64 Å². The molecule has 1 aliphatic rings. The van der Waals surface area contributed by atoms with E-state index in [0.29, 0.717) is 6.73 Å². The molecule has 0 aromatic heterocycles. The van der Waals surface area contributed by atoms with Crippen LogP contribution in [0.5, 0.6) is 0 Å². The number of carbonyl (C=O) groups excluding carboxylic acids is 1. The third kappa shape index (κ3) is 2.82. The van der Waals surface area contributed by atoms with E-state index in [1.54, 1.807) is 12.0 Å². The number of hydrogen-bond donors (Lipinski definition) is 0. The Morgan fingerprint density at radius 3 is 2.54 bits per heavy atom. The number of methoxy groups -OCH3 is 1. The lowest BCUT2D eigenvalue weighted by atomic mass is 10.3. The lowest BCUT2D eigenvalue weighted by molar-refractivity contribution is -0.128. The van der Waals surface area contributed by atoms with Crippen LogP contribution in [0.2, 0.25) is 0 Å². The molecular weight excluding hydrogens is 168 g/mol. The van der Waals surface area contributed by atoms with Crippen LogP contribution in [-0.2, 0) is 9.53 Å². The summed E-state index contributed by atoms with van der Waals surface area (Å²) in [6.07, 6.45) is 1.37. The maximum Gasteiger partial charge on any atom is 0.246 e. The fraction of sp³-hybridized carbons (Fsp3) is 0.667. The number of nitrogens with zero attached hydrogens (tertiary/aromatic N) is 2. The van der Waals surface area contributed by atoms with E-state index >= 15 is 0 Å². The molecule has 1 heterocycles. The second-order valence-electron chi connectivity index (χ2n) is 3.07. The predicted molar refractivity (Wildman–Crippen MR) is 50.2 cm³/mol. The molecule has 0 radical (unpaired) electrons. The molecule has 0 aromatic rings. The van der Waals surface area contributed by atoms with Crippen molar-refractivity contribution in [1.29, 1.82) is 0 Å². The first-order chi connectivity index (χ1) is 6.27. The number of ether oxygens (including phenoxy) is 1. The van der Waals surface area contributed by atoms with E-state index in [9.17, 15) is 4.79 Å². The number of piperazine rings is 1. The molecule has 0 atom stereocenters. The van der Waals surface area contributed by atoms with Gasteiger partial charge in [0.05, 0.1) is 6.73 Å². The summed E-state index contributed by atoms with van der Waals surface area (Å²) in [6, 6.07) is 0. The minimum Gasteiger partial charge on any atom is -0.369 e. The average molecular weight is 184 g/mol. The molecule has 1 amide bonds. The summed E-state index contributed by atoms with van der Waals surface area (Å²) in [7, 11) is 1.68. The summed E-state index contributed by atoms with van der Waals surface area (Å²) in [5.74, 6) is 0.0251. The molecule has 4 heteroatoms. The van der Waals surface area contributed by atoms with E-state index in [1.165, 1.54) is 6.08 Å². The molecule has 0 unspecified atom stereocenters. The molecule has 0 aliphatic carbocycles. The number of hydrogen-bond acceptors (Lipinski definition) is 3. The SMILES string of the molecule is C=CC(=O)N1CCN(COC)CC1. The van der Waals surface area contributed by atoms with Crippen molar-refractivity contribution in [2.24, 2.45) is 0 Å². The molecule has 0 aromatic carbocycles. The van der Waals surface area contributed by atoms with Gasteiger partial charge in [-0.2, -0.15) is 0 Å². The zero-order valence-electron chi connectivity index (χ0n) is 8.03. The number of rotatable bonds is 3. The molecule has 1 aliphatic heterocycles. The highest BCUT2D eigenvalue weighted by atomic mass is 16.5. The van der Waals surface area contributed by atoms with Crippen LogP contribution in [-0.4, -0.2) is 55.7 Å². The van der Waals surface area contributed by atoms with Gasteiger partial charge >= 0.3 is 0 Å². The summed E-state index contributed by atoms with van der Waals surface area (Å²) in [5.41, 5.74) is 0. The van der Waals surface area contributed by atoms with Crippen molar-refractivity contribution in [3.8, 4) is 0 Å². The van der Waals surface area contributed by atoms with Gasteiger partial charge in [-0.3, -0.25) is 9.69 Å². The van der Waals surface area contributed by atoms with Crippen LogP contribution < -0.4 is 0 Å². The summed E-state index contributed by atoms with van der Waals surface area (Å²) < 4.78 is 5.01. The molecule has 1 rings (SSSR count). The standard InChI is InChI=1S/C9H16N2O2/c1-3-9(12)11-6-4-10(5-7-11)8-13-2/h3H,1,4-8H2,2H3. The first-order valence-corrected chi connectivity index (χ1v) is 4.40. The van der Waals surface area contributed by atoms with Gasteiger partial charge in [-0.25, -0.2) is 0 Å². The van der Waals surface area contributed by atoms with Crippen molar-refractivity contribution in [2.45, 2.75) is 0 Å². The zero-order valence-corrected chi connectivity index (χ0v) is 8.03. The highest BCUT2D eigenvalue weighted by molar-refractivity contribution is 5.87. The predicted octanol–water partition coefficient (Wildman–Crippen LogP) is -0.0795. The van der Waals surface area contributed by atoms with Crippen LogP contribution in [0.25, 0.3) is 0 Å². The highest BCUT2D eigenvalue weighted by Crippen LogP contribution is 2.01. The summed E-state index contributed by atoms with van der Waals surface area (Å²) in [4.78, 5) is 15.2. The van der Waals surface area contributed by atoms with Crippen molar-refractivity contribution in [3.05, 3.63) is 12.7 Å². The smallest absolute Gasteiger partial charge is 0.246 e. The molecule has 1 fully saturated rings. The van der Waals surface area contributed by atoms with Crippen molar-refractivity contribution >= 4 is 5.91 Å². The summed E-state index contributed by atoms with van der Waals surface area (Å²) >= 11 is 0. The van der Waals surface area contributed by atoms with Gasteiger partial charge in [-0.1, -0.05) is 6.58 Å². The lowest BCUT2D eigenvalue weighted by Gasteiger charge is -2.33. The number of amides is 1. The Hall–Kier alpha value is -0.870. The third-order valence-corrected chi connectivity index (χ3v) is 2.17. The summed E-state index contributed by atoms with van der Waals surface area (Å²) in [6.45, 7) is 7.42. The quantitative estimate of drug-likeness (QED) is 0.575. The van der Waals surface area contributed by atoms with Gasteiger partial charge in [0.25, 0.3) is 0 Å². The van der Waals surface area contributed by atoms with Gasteiger partial charge in [-0.15, -0.1) is 0 Å². The van der Waals surface area contributed by atoms with Crippen LogP contribution in [0.15, 0.2) is 12.7 Å². The Morgan fingerprint density at radius 2 is 2.08 bits per heavy atom. The van der Waals surface area contributed by atoms with E-state index in [2.05, 4.69) is 11.5 Å². The Morgan fingerprint density at radius 1 is 1.46 bits per heavy atom. The fourth-order valence-electron chi connectivity index (χ4n) is 1.41. The Labute approximate surface area is 78.8 Å². The first-order valence-electron chi connectivity index (χ1n) is 4.40. The van der Waals surface area contributed by atoms with E-state index in [1.807, 2.05) is 0 Å². The topological polar surface area (TPSA) is 32.8 Å². The van der Waals surface area contributed by atoms with E-state index in [4.69, 9.17) is 4.74 Å². The first kappa shape index (κ1) is 10.2. The Balaban J connectivity index is 2.30. The van der Waals surface area contributed by atoms with E-state index < -0.39 is 0 Å². The normalized spacial score (nSPS) is 18.7. The van der Waals surface area contributed by atoms with Crippen LogP contribution in [0.1, 0.15) is 0 Å². The second kappa shape index (κ2) is 4.99. The molecule has 0 spiro atoms. The van der Waals surface area contributed by atoms with Crippen LogP contribution in [0, 0.1) is 0 Å². The zero-order chi connectivity index (χ0) is 9.68. The summed E-state index contributed by atoms with van der Waals surface area (Å²) in [5, 5.41) is 0. The van der Waals surface area contributed by atoms with Gasteiger partial charge in [0, 0.05) is 33.3 Å². The average Bonchev–Trinajstić information content (AvgIpc) is 2.18. The minimum atomic E-state index is 0.0251. The van der Waals surface area contributed by atoms with Gasteiger partial charge in [0.2, 0.25) is 5.91 Å². The lowest BCUT2D eigenvalue weighted by Crippen LogP contribution is -2.48. The van der Waals surface area contributed by atoms with Gasteiger partial charge in [0.1, 0.15) is 0 Å². The third-order valence-electron chi connectivity index (χ3n) is 2.17. The van der Waals surface area contributed by atoms with Crippen LogP contribution in [0.3, 0.4) is 0 Å². The van der Waals surface area contributed by atoms with E-state index in [-0.39, 0.29) is 5.91 Å². The molecule has 0 saturated carbocycles. The van der Waals surface area contributed by atoms with Crippen molar-refractivity contribution < 1.29 is 9.53 Å². The van der Waals surface area contributed by atoms with E-state index in [0.717, 1.165) is 26.2 Å². The van der Waals surface area contributed by atoms with Crippen LogP contribution in [0.4, 0.5) is 0 Å². The molecule has 74 valence electrons. The van der Waals surface area contributed by atoms with Crippen molar-refractivity contribution in [2.75, 3.05) is 40.0 Å².